The van der Waals surface area contributed by atoms with Gasteiger partial charge in [-0.2, -0.15) is 9.97 Å². The van der Waals surface area contributed by atoms with Gasteiger partial charge in [-0.15, -0.1) is 6.42 Å². The van der Waals surface area contributed by atoms with Crippen LogP contribution in [0.25, 0.3) is 32.9 Å². The zero-order chi connectivity index (χ0) is 33.6. The molecule has 4 unspecified atom stereocenters. The molecule has 5 aliphatic heterocycles. The molecule has 5 aromatic rings. The zero-order valence-corrected chi connectivity index (χ0v) is 27.5. The molecule has 0 saturated carbocycles. The second-order valence-corrected chi connectivity index (χ2v) is 14.6. The van der Waals surface area contributed by atoms with Gasteiger partial charge in [-0.3, -0.25) is 9.88 Å². The number of fused-ring (bicyclic) bond motifs is 9. The molecule has 2 bridgehead atoms. The summed E-state index contributed by atoms with van der Waals surface area (Å²) in [4.78, 5) is 19.2. The van der Waals surface area contributed by atoms with Crippen LogP contribution in [-0.4, -0.2) is 70.3 Å². The number of anilines is 1. The van der Waals surface area contributed by atoms with Gasteiger partial charge in [-0.05, 0) is 56.2 Å². The molecule has 4 saturated heterocycles. The highest BCUT2D eigenvalue weighted by atomic mass is 19.1. The van der Waals surface area contributed by atoms with Crippen molar-refractivity contribution in [2.45, 2.75) is 55.8 Å². The van der Waals surface area contributed by atoms with Gasteiger partial charge in [0.05, 0.1) is 23.1 Å². The number of aromatic nitrogens is 3. The highest BCUT2D eigenvalue weighted by molar-refractivity contribution is 6.02. The first kappa shape index (κ1) is 30.0. The van der Waals surface area contributed by atoms with Crippen LogP contribution in [0.4, 0.5) is 14.6 Å². The van der Waals surface area contributed by atoms with E-state index in [-0.39, 0.29) is 34.4 Å². The number of rotatable bonds is 5. The third-order valence-electron chi connectivity index (χ3n) is 11.8. The van der Waals surface area contributed by atoms with Crippen LogP contribution in [0.2, 0.25) is 0 Å². The summed E-state index contributed by atoms with van der Waals surface area (Å²) in [6.45, 7) is 3.57. The summed E-state index contributed by atoms with van der Waals surface area (Å²) < 4.78 is 44.7. The molecule has 2 aromatic heterocycles. The topological polar surface area (TPSA) is 75.6 Å². The van der Waals surface area contributed by atoms with Gasteiger partial charge in [-0.1, -0.05) is 48.4 Å². The van der Waals surface area contributed by atoms with E-state index in [2.05, 4.69) is 44.2 Å². The Labute approximate surface area is 288 Å². The normalized spacial score (nSPS) is 26.8. The second-order valence-electron chi connectivity index (χ2n) is 14.6. The van der Waals surface area contributed by atoms with E-state index >= 15 is 4.39 Å². The van der Waals surface area contributed by atoms with Crippen LogP contribution in [-0.2, 0) is 0 Å². The van der Waals surface area contributed by atoms with E-state index in [4.69, 9.17) is 25.9 Å². The minimum absolute atomic E-state index is 0.0558. The molecule has 1 N–H and O–H groups in total. The summed E-state index contributed by atoms with van der Waals surface area (Å²) in [7, 11) is 0. The SMILES string of the molecule is C#Cc1c(F)ccc2cccc(-c3ncc4c(N5CC6CCC(C5)N6)nc(OCC56CCCN5C5c7ccccc7OC[C@H]5C6)nc4c3F)c12. The average molecular weight is 671 g/mol. The average Bonchev–Trinajstić information content (AvgIpc) is 3.81. The van der Waals surface area contributed by atoms with E-state index in [9.17, 15) is 4.39 Å². The number of pyridine rings is 1. The lowest BCUT2D eigenvalue weighted by Gasteiger charge is -2.36. The Balaban J connectivity index is 1.07. The van der Waals surface area contributed by atoms with Crippen LogP contribution in [0.1, 0.15) is 49.3 Å². The molecule has 5 aliphatic rings. The van der Waals surface area contributed by atoms with E-state index in [1.807, 2.05) is 12.1 Å². The minimum Gasteiger partial charge on any atom is -0.493 e. The van der Waals surface area contributed by atoms with E-state index in [0.29, 0.717) is 58.8 Å². The van der Waals surface area contributed by atoms with Crippen molar-refractivity contribution in [2.75, 3.05) is 37.7 Å². The molecule has 10 rings (SSSR count). The van der Waals surface area contributed by atoms with E-state index in [1.54, 1.807) is 24.4 Å². The van der Waals surface area contributed by atoms with Gasteiger partial charge in [0.25, 0.3) is 0 Å². The fraction of sp³-hybridized carbons (Fsp3) is 0.375. The number of nitrogens with one attached hydrogen (secondary N) is 1. The third kappa shape index (κ3) is 4.53. The Kier molecular flexibility index (Phi) is 6.81. The minimum atomic E-state index is -0.616. The zero-order valence-electron chi connectivity index (χ0n) is 27.5. The van der Waals surface area contributed by atoms with E-state index in [0.717, 1.165) is 57.5 Å². The first-order valence-corrected chi connectivity index (χ1v) is 17.7. The second kappa shape index (κ2) is 11.3. The molecule has 50 heavy (non-hydrogen) atoms. The first-order chi connectivity index (χ1) is 24.5. The van der Waals surface area contributed by atoms with Gasteiger partial charge in [0.1, 0.15) is 35.2 Å². The van der Waals surface area contributed by atoms with Crippen molar-refractivity contribution < 1.29 is 18.3 Å². The number of hydrogen-bond acceptors (Lipinski definition) is 8. The summed E-state index contributed by atoms with van der Waals surface area (Å²) in [6, 6.07) is 17.8. The van der Waals surface area contributed by atoms with Crippen LogP contribution in [0.15, 0.2) is 60.8 Å². The Hall–Kier alpha value is -4.85. The molecule has 5 atom stereocenters. The van der Waals surface area contributed by atoms with Crippen LogP contribution in [0.5, 0.6) is 11.8 Å². The van der Waals surface area contributed by atoms with Crippen molar-refractivity contribution in [1.29, 1.82) is 0 Å². The maximum Gasteiger partial charge on any atom is 0.319 e. The molecule has 0 radical (unpaired) electrons. The molecule has 4 fully saturated rings. The van der Waals surface area contributed by atoms with Gasteiger partial charge >= 0.3 is 6.01 Å². The Morgan fingerprint density at radius 1 is 1.04 bits per heavy atom. The Bertz CT molecular complexity index is 2230. The van der Waals surface area contributed by atoms with Crippen LogP contribution < -0.4 is 19.7 Å². The van der Waals surface area contributed by atoms with Crippen molar-refractivity contribution in [3.05, 3.63) is 83.6 Å². The summed E-state index contributed by atoms with van der Waals surface area (Å²) in [5, 5.41) is 5.34. The fourth-order valence-electron chi connectivity index (χ4n) is 9.68. The molecule has 3 aromatic carbocycles. The van der Waals surface area contributed by atoms with Gasteiger partial charge in [0, 0.05) is 59.8 Å². The number of para-hydroxylation sites is 1. The number of ether oxygens (including phenoxy) is 2. The Morgan fingerprint density at radius 3 is 2.76 bits per heavy atom. The smallest absolute Gasteiger partial charge is 0.319 e. The van der Waals surface area contributed by atoms with E-state index < -0.39 is 11.6 Å². The molecule has 0 spiro atoms. The lowest BCUT2D eigenvalue weighted by molar-refractivity contribution is 0.0780. The lowest BCUT2D eigenvalue weighted by Crippen LogP contribution is -2.51. The molecule has 7 heterocycles. The standard InChI is InChI=1S/C40H36F2N6O2/c1-2-27-31(41)14-11-23-7-5-9-29(33(23)27)35-34(42)36-30(18-43-35)38(47-19-25-12-13-26(20-47)44-25)46-39(45-36)50-22-40-15-6-16-48(40)37-24(17-40)21-49-32-10-4-3-8-28(32)37/h1,3-5,7-11,14,18,24-26,37,44H,6,12-13,15-17,19-22H2/t24-,25?,26?,37?,40?/m1/s1. The van der Waals surface area contributed by atoms with Crippen LogP contribution >= 0.6 is 0 Å². The van der Waals surface area contributed by atoms with Crippen LogP contribution in [0.3, 0.4) is 0 Å². The van der Waals surface area contributed by atoms with Gasteiger partial charge in [-0.25, -0.2) is 8.78 Å². The maximum atomic E-state index is 17.0. The highest BCUT2D eigenvalue weighted by Gasteiger charge is 2.56. The van der Waals surface area contributed by atoms with E-state index in [1.165, 1.54) is 11.6 Å². The molecule has 8 nitrogen and oxygen atoms in total. The summed E-state index contributed by atoms with van der Waals surface area (Å²) in [5.74, 6) is 3.27. The van der Waals surface area contributed by atoms with Crippen molar-refractivity contribution in [3.63, 3.8) is 0 Å². The molecule has 10 heteroatoms. The lowest BCUT2D eigenvalue weighted by atomic mass is 9.86. The summed E-state index contributed by atoms with van der Waals surface area (Å²) in [5.41, 5.74) is 1.72. The molecule has 252 valence electrons. The third-order valence-corrected chi connectivity index (χ3v) is 11.8. The maximum absolute atomic E-state index is 17.0. The number of piperazine rings is 1. The predicted molar refractivity (Wildman–Crippen MR) is 187 cm³/mol. The number of terminal acetylenes is 1. The van der Waals surface area contributed by atoms with Gasteiger partial charge < -0.3 is 19.7 Å². The number of halogens is 2. The van der Waals surface area contributed by atoms with Crippen molar-refractivity contribution in [1.82, 2.24) is 25.2 Å². The molecular weight excluding hydrogens is 634 g/mol. The van der Waals surface area contributed by atoms with Crippen molar-refractivity contribution >= 4 is 27.5 Å². The van der Waals surface area contributed by atoms with Crippen molar-refractivity contribution in [2.24, 2.45) is 5.92 Å². The summed E-state index contributed by atoms with van der Waals surface area (Å²) >= 11 is 0. The van der Waals surface area contributed by atoms with Gasteiger partial charge in [0.15, 0.2) is 5.82 Å². The molecular formula is C40H36F2N6O2. The first-order valence-electron chi connectivity index (χ1n) is 17.7. The number of nitrogens with zero attached hydrogens (tertiary/aromatic N) is 5. The quantitative estimate of drug-likeness (QED) is 0.215. The monoisotopic (exact) mass is 670 g/mol. The number of benzene rings is 3. The molecule has 0 amide bonds. The largest absolute Gasteiger partial charge is 0.493 e. The highest BCUT2D eigenvalue weighted by Crippen LogP contribution is 2.55. The number of hydrogen-bond donors (Lipinski definition) is 1. The summed E-state index contributed by atoms with van der Waals surface area (Å²) in [6.07, 6.45) is 12.6. The Morgan fingerprint density at radius 2 is 1.90 bits per heavy atom. The van der Waals surface area contributed by atoms with Gasteiger partial charge in [0.2, 0.25) is 0 Å². The molecule has 0 aliphatic carbocycles. The fourth-order valence-corrected chi connectivity index (χ4v) is 9.68. The van der Waals surface area contributed by atoms with Crippen LogP contribution in [0, 0.1) is 29.9 Å². The predicted octanol–water partition coefficient (Wildman–Crippen LogP) is 6.41. The van der Waals surface area contributed by atoms with Crippen molar-refractivity contribution in [3.8, 4) is 35.4 Å².